The Hall–Kier alpha value is -8.49. The number of nitrogens with one attached hydrogen (secondary N) is 9. The van der Waals surface area contributed by atoms with Gasteiger partial charge in [0, 0.05) is 37.7 Å². The maximum atomic E-state index is 14.1. The van der Waals surface area contributed by atoms with E-state index in [1.165, 1.54) is 36.8 Å². The third kappa shape index (κ3) is 24.2. The number of carboxylic acids is 2. The van der Waals surface area contributed by atoms with Crippen LogP contribution in [-0.4, -0.2) is 191 Å². The molecular formula is C47H73N15O17. The maximum absolute atomic E-state index is 14.1. The van der Waals surface area contributed by atoms with Crippen LogP contribution in [0.4, 0.5) is 0 Å². The topological polar surface area (TPSA) is 551 Å². The van der Waals surface area contributed by atoms with Crippen molar-refractivity contribution in [1.82, 2.24) is 52.5 Å². The van der Waals surface area contributed by atoms with E-state index in [0.717, 1.165) is 13.8 Å². The minimum absolute atomic E-state index is 0.0463. The van der Waals surface area contributed by atoms with Gasteiger partial charge in [0.25, 0.3) is 0 Å². The quantitative estimate of drug-likeness (QED) is 0.0173. The number of hydrogen-bond acceptors (Lipinski definition) is 18. The summed E-state index contributed by atoms with van der Waals surface area (Å²) < 4.78 is 0. The molecule has 11 atom stereocenters. The van der Waals surface area contributed by atoms with Crippen molar-refractivity contribution >= 4 is 71.1 Å². The normalized spacial score (nSPS) is 15.3. The lowest BCUT2D eigenvalue weighted by molar-refractivity contribution is -0.142. The zero-order chi connectivity index (χ0) is 59.7. The number of carbonyl (C=O) groups excluding carboxylic acids is 9. The lowest BCUT2D eigenvalue weighted by Crippen LogP contribution is -2.63. The van der Waals surface area contributed by atoms with Crippen LogP contribution in [-0.2, 0) is 65.6 Å². The molecule has 0 aliphatic carbocycles. The Morgan fingerprint density at radius 1 is 0.620 bits per heavy atom. The summed E-state index contributed by atoms with van der Waals surface area (Å²) in [6.45, 7) is 4.56. The number of aromatic hydroxyl groups is 1. The molecule has 0 bridgehead atoms. The number of phenols is 1. The third-order valence-electron chi connectivity index (χ3n) is 11.5. The Bertz CT molecular complexity index is 2440. The Balaban J connectivity index is 2.36. The predicted octanol–water partition coefficient (Wildman–Crippen LogP) is -7.22. The van der Waals surface area contributed by atoms with Crippen LogP contribution in [0.3, 0.4) is 0 Å². The maximum Gasteiger partial charge on any atom is 0.326 e. The number of carboxylic acid groups (broad SMARTS) is 2. The standard InChI is InChI=1S/C47H73N15O17/c1-21(2)14-29(40(72)60-33(19-63)43(75)59-32(46(78)79)15-24-7-9-26(66)10-8-24)56-39(71)28(11-12-35(68)69)55-44(76)37(23(4)65)62-42(74)30(16-25-18-52-20-54-25)57-41(73)31(17-34(49)67)58-45(77)36(22(3)64)61-38(70)27(48)6-5-13-53-47(50)51/h7-10,18,20-23,27-33,36-37,63-66H,5-6,11-17,19,48H2,1-4H3,(H2,49,67)(H,52,54)(H,55,76)(H,56,71)(H,57,73)(H,58,77)(H,59,75)(H,60,72)(H,61,70)(H,62,74)(H,68,69)(H,78,79)(H4,50,51,53)/t22-,23-,27+,28+,29+,30+,31+,32+,33+,36+,37+/m1/s1. The molecule has 0 aliphatic heterocycles. The van der Waals surface area contributed by atoms with Crippen LogP contribution in [0.2, 0.25) is 0 Å². The number of nitrogens with two attached hydrogens (primary N) is 4. The molecule has 79 heavy (non-hydrogen) atoms. The second-order valence-corrected chi connectivity index (χ2v) is 18.8. The number of aliphatic imine (C=N–C) groups is 1. The molecule has 0 spiro atoms. The van der Waals surface area contributed by atoms with Crippen molar-refractivity contribution in [3.8, 4) is 5.75 Å². The van der Waals surface area contributed by atoms with Crippen LogP contribution in [0, 0.1) is 5.92 Å². The molecule has 1 aromatic carbocycles. The molecule has 0 aliphatic rings. The second kappa shape index (κ2) is 32.9. The molecule has 9 amide bonds. The van der Waals surface area contributed by atoms with Crippen molar-refractivity contribution in [3.63, 3.8) is 0 Å². The van der Waals surface area contributed by atoms with E-state index in [4.69, 9.17) is 22.9 Å². The Morgan fingerprint density at radius 2 is 1.11 bits per heavy atom. The van der Waals surface area contributed by atoms with E-state index in [0.29, 0.717) is 5.56 Å². The van der Waals surface area contributed by atoms with Gasteiger partial charge in [-0.15, -0.1) is 0 Å². The third-order valence-corrected chi connectivity index (χ3v) is 11.5. The molecule has 0 radical (unpaired) electrons. The molecule has 2 aromatic rings. The lowest BCUT2D eigenvalue weighted by atomic mass is 10.0. The SMILES string of the molecule is CC(C)C[C@H](NC(=O)[C@H](CCC(=O)O)NC(=O)[C@@H](NC(=O)[C@H](Cc1cnc[nH]1)NC(=O)[C@H](CC(N)=O)NC(=O)[C@@H](NC(=O)[C@@H](N)CCCN=C(N)N)[C@@H](C)O)[C@@H](C)O)C(=O)N[C@@H](CO)C(=O)N[C@@H](Cc1ccc(O)cc1)C(=O)O. The number of aliphatic hydroxyl groups excluding tert-OH is 3. The van der Waals surface area contributed by atoms with E-state index in [1.54, 1.807) is 13.8 Å². The number of phenolic OH excluding ortho intramolecular Hbond substituents is 1. The number of aromatic nitrogens is 2. The Labute approximate surface area is 452 Å². The minimum Gasteiger partial charge on any atom is -0.508 e. The van der Waals surface area contributed by atoms with Crippen LogP contribution in [0.1, 0.15) is 77.5 Å². The number of hydrogen-bond donors (Lipinski definition) is 19. The fraction of sp³-hybridized carbons (Fsp3) is 0.553. The van der Waals surface area contributed by atoms with Crippen molar-refractivity contribution in [2.75, 3.05) is 13.2 Å². The highest BCUT2D eigenvalue weighted by Crippen LogP contribution is 2.13. The van der Waals surface area contributed by atoms with Crippen molar-refractivity contribution < 1.29 is 83.4 Å². The van der Waals surface area contributed by atoms with Gasteiger partial charge in [-0.05, 0) is 63.1 Å². The molecule has 0 unspecified atom stereocenters. The van der Waals surface area contributed by atoms with E-state index in [-0.39, 0.29) is 55.5 Å². The van der Waals surface area contributed by atoms with Gasteiger partial charge in [0.1, 0.15) is 54.1 Å². The molecule has 2 rings (SSSR count). The summed E-state index contributed by atoms with van der Waals surface area (Å²) in [4.78, 5) is 155. The molecule has 23 N–H and O–H groups in total. The number of nitrogens with zero attached hydrogens (tertiary/aromatic N) is 2. The van der Waals surface area contributed by atoms with Gasteiger partial charge in [-0.1, -0.05) is 26.0 Å². The molecule has 32 heteroatoms. The number of rotatable bonds is 35. The number of aliphatic carboxylic acids is 2. The first-order valence-electron chi connectivity index (χ1n) is 24.7. The molecule has 0 fully saturated rings. The molecule has 32 nitrogen and oxygen atoms in total. The Kier molecular flexibility index (Phi) is 27.8. The van der Waals surface area contributed by atoms with E-state index in [9.17, 15) is 83.4 Å². The van der Waals surface area contributed by atoms with Crippen LogP contribution < -0.4 is 65.5 Å². The van der Waals surface area contributed by atoms with Gasteiger partial charge in [-0.3, -0.25) is 52.9 Å². The highest BCUT2D eigenvalue weighted by Gasteiger charge is 2.37. The van der Waals surface area contributed by atoms with E-state index < -0.39 is 164 Å². The number of amides is 9. The van der Waals surface area contributed by atoms with E-state index in [2.05, 4.69) is 57.5 Å². The fourth-order valence-corrected chi connectivity index (χ4v) is 7.32. The number of H-pyrrole nitrogens is 1. The summed E-state index contributed by atoms with van der Waals surface area (Å²) in [7, 11) is 0. The summed E-state index contributed by atoms with van der Waals surface area (Å²) in [5.41, 5.74) is 22.5. The number of imidazole rings is 1. The number of benzene rings is 1. The minimum atomic E-state index is -1.98. The van der Waals surface area contributed by atoms with Crippen LogP contribution >= 0.6 is 0 Å². The largest absolute Gasteiger partial charge is 0.508 e. The van der Waals surface area contributed by atoms with E-state index in [1.807, 2.05) is 0 Å². The monoisotopic (exact) mass is 1120 g/mol. The highest BCUT2D eigenvalue weighted by atomic mass is 16.4. The molecule has 438 valence electrons. The lowest BCUT2D eigenvalue weighted by Gasteiger charge is -2.29. The number of guanidine groups is 1. The smallest absolute Gasteiger partial charge is 0.326 e. The first kappa shape index (κ1) is 66.6. The summed E-state index contributed by atoms with van der Waals surface area (Å²) in [5.74, 6) is -13.9. The molecule has 0 saturated carbocycles. The summed E-state index contributed by atoms with van der Waals surface area (Å²) in [6, 6.07) is -9.80. The Morgan fingerprint density at radius 3 is 1.62 bits per heavy atom. The van der Waals surface area contributed by atoms with Gasteiger partial charge in [0.15, 0.2) is 5.96 Å². The van der Waals surface area contributed by atoms with Gasteiger partial charge in [-0.2, -0.15) is 0 Å². The van der Waals surface area contributed by atoms with Crippen molar-refractivity contribution in [3.05, 3.63) is 48.0 Å². The zero-order valence-corrected chi connectivity index (χ0v) is 43.8. The van der Waals surface area contributed by atoms with Gasteiger partial charge >= 0.3 is 11.9 Å². The fourth-order valence-electron chi connectivity index (χ4n) is 7.32. The number of aliphatic hydroxyl groups is 3. The number of carbonyl (C=O) groups is 11. The first-order chi connectivity index (χ1) is 37.0. The average molecular weight is 1120 g/mol. The zero-order valence-electron chi connectivity index (χ0n) is 43.8. The van der Waals surface area contributed by atoms with Gasteiger partial charge < -0.3 is 101 Å². The van der Waals surface area contributed by atoms with Crippen LogP contribution in [0.5, 0.6) is 5.75 Å². The van der Waals surface area contributed by atoms with Gasteiger partial charge in [0.2, 0.25) is 53.2 Å². The summed E-state index contributed by atoms with van der Waals surface area (Å²) >= 11 is 0. The van der Waals surface area contributed by atoms with Crippen LogP contribution in [0.15, 0.2) is 41.8 Å². The van der Waals surface area contributed by atoms with Crippen molar-refractivity contribution in [2.24, 2.45) is 33.8 Å². The first-order valence-corrected chi connectivity index (χ1v) is 24.7. The number of aromatic amines is 1. The number of primary amides is 1. The van der Waals surface area contributed by atoms with Crippen molar-refractivity contribution in [1.29, 1.82) is 0 Å². The van der Waals surface area contributed by atoms with Crippen LogP contribution in [0.25, 0.3) is 0 Å². The molecule has 0 saturated heterocycles. The molecular weight excluding hydrogens is 1050 g/mol. The summed E-state index contributed by atoms with van der Waals surface area (Å²) in [5, 5.41) is 78.4. The van der Waals surface area contributed by atoms with Crippen molar-refractivity contribution in [2.45, 2.75) is 146 Å². The van der Waals surface area contributed by atoms with Gasteiger partial charge in [-0.25, -0.2) is 9.78 Å². The second-order valence-electron chi connectivity index (χ2n) is 18.8. The van der Waals surface area contributed by atoms with Gasteiger partial charge in [0.05, 0.1) is 37.6 Å². The average Bonchev–Trinajstić information content (AvgIpc) is 3.88. The highest BCUT2D eigenvalue weighted by molar-refractivity contribution is 5.99. The predicted molar refractivity (Wildman–Crippen MR) is 276 cm³/mol. The van der Waals surface area contributed by atoms with E-state index >= 15 is 0 Å². The molecule has 1 heterocycles. The summed E-state index contributed by atoms with van der Waals surface area (Å²) in [6.07, 6.45) is -3.76. The molecule has 1 aromatic heterocycles.